The first kappa shape index (κ1) is 12.5. The number of rotatable bonds is 4. The highest BCUT2D eigenvalue weighted by atomic mass is 19.2. The van der Waals surface area contributed by atoms with Crippen LogP contribution >= 0.6 is 0 Å². The van der Waals surface area contributed by atoms with Gasteiger partial charge in [0, 0.05) is 0 Å². The van der Waals surface area contributed by atoms with Crippen molar-refractivity contribution in [3.8, 4) is 11.5 Å². The molecular formula is C14H13F2NO. The Morgan fingerprint density at radius 1 is 1.00 bits per heavy atom. The fourth-order valence-corrected chi connectivity index (χ4v) is 1.58. The predicted octanol–water partition coefficient (Wildman–Crippen LogP) is 3.26. The molecule has 2 nitrogen and oxygen atoms in total. The Morgan fingerprint density at radius 3 is 2.39 bits per heavy atom. The summed E-state index contributed by atoms with van der Waals surface area (Å²) in [6, 6.07) is 10.9. The molecule has 0 radical (unpaired) electrons. The van der Waals surface area contributed by atoms with Crippen LogP contribution in [-0.2, 0) is 6.42 Å². The summed E-state index contributed by atoms with van der Waals surface area (Å²) in [4.78, 5) is 0. The summed E-state index contributed by atoms with van der Waals surface area (Å²) in [5.74, 6) is -1.57. The normalized spacial score (nSPS) is 10.4. The smallest absolute Gasteiger partial charge is 0.201 e. The van der Waals surface area contributed by atoms with Gasteiger partial charge in [-0.25, -0.2) is 4.39 Å². The molecule has 18 heavy (non-hydrogen) atoms. The van der Waals surface area contributed by atoms with E-state index in [0.29, 0.717) is 12.3 Å². The van der Waals surface area contributed by atoms with Gasteiger partial charge in [-0.15, -0.1) is 0 Å². The number of ether oxygens (including phenoxy) is 1. The van der Waals surface area contributed by atoms with E-state index < -0.39 is 11.6 Å². The van der Waals surface area contributed by atoms with Crippen LogP contribution in [0, 0.1) is 11.6 Å². The highest BCUT2D eigenvalue weighted by Gasteiger charge is 2.09. The molecule has 0 saturated carbocycles. The van der Waals surface area contributed by atoms with E-state index in [1.807, 2.05) is 12.1 Å². The van der Waals surface area contributed by atoms with Crippen LogP contribution in [0.4, 0.5) is 8.78 Å². The SMILES string of the molecule is NCCc1ccc(Oc2cccc(F)c2F)cc1. The molecular weight excluding hydrogens is 236 g/mol. The summed E-state index contributed by atoms with van der Waals surface area (Å²) in [6.45, 7) is 0.568. The van der Waals surface area contributed by atoms with Crippen LogP contribution in [0.3, 0.4) is 0 Å². The lowest BCUT2D eigenvalue weighted by Gasteiger charge is -2.07. The minimum Gasteiger partial charge on any atom is -0.454 e. The first-order valence-electron chi connectivity index (χ1n) is 5.61. The Kier molecular flexibility index (Phi) is 3.89. The molecule has 0 aromatic heterocycles. The van der Waals surface area contributed by atoms with Crippen LogP contribution in [0.2, 0.25) is 0 Å². The Morgan fingerprint density at radius 2 is 1.72 bits per heavy atom. The molecule has 0 heterocycles. The highest BCUT2D eigenvalue weighted by molar-refractivity contribution is 5.34. The standard InChI is InChI=1S/C14H13F2NO/c15-12-2-1-3-13(14(12)16)18-11-6-4-10(5-7-11)8-9-17/h1-7H,8-9,17H2. The second kappa shape index (κ2) is 5.60. The van der Waals surface area contributed by atoms with Gasteiger partial charge in [0.25, 0.3) is 0 Å². The van der Waals surface area contributed by atoms with E-state index in [9.17, 15) is 8.78 Å². The van der Waals surface area contributed by atoms with Crippen LogP contribution < -0.4 is 10.5 Å². The second-order valence-corrected chi connectivity index (χ2v) is 3.84. The van der Waals surface area contributed by atoms with Gasteiger partial charge < -0.3 is 10.5 Å². The van der Waals surface area contributed by atoms with Gasteiger partial charge in [-0.05, 0) is 42.8 Å². The van der Waals surface area contributed by atoms with E-state index in [0.717, 1.165) is 18.1 Å². The maximum Gasteiger partial charge on any atom is 0.201 e. The third-order valence-corrected chi connectivity index (χ3v) is 2.50. The monoisotopic (exact) mass is 249 g/mol. The molecule has 0 atom stereocenters. The molecule has 2 rings (SSSR count). The van der Waals surface area contributed by atoms with Crippen molar-refractivity contribution in [1.29, 1.82) is 0 Å². The topological polar surface area (TPSA) is 35.2 Å². The second-order valence-electron chi connectivity index (χ2n) is 3.84. The Balaban J connectivity index is 2.16. The molecule has 2 N–H and O–H groups in total. The molecule has 0 aliphatic heterocycles. The molecule has 0 spiro atoms. The van der Waals surface area contributed by atoms with Crippen molar-refractivity contribution in [2.24, 2.45) is 5.73 Å². The quantitative estimate of drug-likeness (QED) is 0.902. The summed E-state index contributed by atoms with van der Waals surface area (Å²) in [5.41, 5.74) is 6.51. The summed E-state index contributed by atoms with van der Waals surface area (Å²) in [5, 5.41) is 0. The number of hydrogen-bond acceptors (Lipinski definition) is 2. The number of halogens is 2. The van der Waals surface area contributed by atoms with Gasteiger partial charge in [0.05, 0.1) is 0 Å². The maximum absolute atomic E-state index is 13.4. The molecule has 2 aromatic rings. The Bertz CT molecular complexity index is 526. The summed E-state index contributed by atoms with van der Waals surface area (Å²) < 4.78 is 31.6. The van der Waals surface area contributed by atoms with E-state index in [1.54, 1.807) is 12.1 Å². The minimum absolute atomic E-state index is 0.124. The Labute approximate surface area is 104 Å². The molecule has 0 amide bonds. The third-order valence-electron chi connectivity index (χ3n) is 2.50. The van der Waals surface area contributed by atoms with E-state index >= 15 is 0 Å². The fraction of sp³-hybridized carbons (Fsp3) is 0.143. The molecule has 4 heteroatoms. The molecule has 0 bridgehead atoms. The zero-order valence-electron chi connectivity index (χ0n) is 9.70. The minimum atomic E-state index is -0.983. The van der Waals surface area contributed by atoms with Gasteiger partial charge in [0.15, 0.2) is 11.6 Å². The Hall–Kier alpha value is -1.94. The fourth-order valence-electron chi connectivity index (χ4n) is 1.58. The number of nitrogens with two attached hydrogens (primary N) is 1. The first-order valence-corrected chi connectivity index (χ1v) is 5.61. The highest BCUT2D eigenvalue weighted by Crippen LogP contribution is 2.25. The zero-order valence-corrected chi connectivity index (χ0v) is 9.70. The van der Waals surface area contributed by atoms with Gasteiger partial charge in [-0.3, -0.25) is 0 Å². The lowest BCUT2D eigenvalue weighted by molar-refractivity contribution is 0.416. The van der Waals surface area contributed by atoms with Crippen LogP contribution in [0.5, 0.6) is 11.5 Å². The van der Waals surface area contributed by atoms with Gasteiger partial charge in [0.1, 0.15) is 5.75 Å². The van der Waals surface area contributed by atoms with Crippen molar-refractivity contribution in [3.05, 3.63) is 59.7 Å². The molecule has 94 valence electrons. The van der Waals surface area contributed by atoms with Crippen molar-refractivity contribution < 1.29 is 13.5 Å². The number of hydrogen-bond donors (Lipinski definition) is 1. The first-order chi connectivity index (χ1) is 8.70. The molecule has 0 fully saturated rings. The van der Waals surface area contributed by atoms with Crippen molar-refractivity contribution in [1.82, 2.24) is 0 Å². The lowest BCUT2D eigenvalue weighted by Crippen LogP contribution is -2.02. The van der Waals surface area contributed by atoms with Gasteiger partial charge in [0.2, 0.25) is 5.82 Å². The van der Waals surface area contributed by atoms with Crippen LogP contribution in [0.1, 0.15) is 5.56 Å². The summed E-state index contributed by atoms with van der Waals surface area (Å²) >= 11 is 0. The molecule has 0 aliphatic rings. The molecule has 2 aromatic carbocycles. The van der Waals surface area contributed by atoms with Gasteiger partial charge in [-0.2, -0.15) is 4.39 Å². The predicted molar refractivity (Wildman–Crippen MR) is 65.6 cm³/mol. The lowest BCUT2D eigenvalue weighted by atomic mass is 10.1. The van der Waals surface area contributed by atoms with Crippen LogP contribution in [0.15, 0.2) is 42.5 Å². The van der Waals surface area contributed by atoms with Crippen molar-refractivity contribution in [2.75, 3.05) is 6.54 Å². The van der Waals surface area contributed by atoms with E-state index in [4.69, 9.17) is 10.5 Å². The van der Waals surface area contributed by atoms with Crippen molar-refractivity contribution in [3.63, 3.8) is 0 Å². The maximum atomic E-state index is 13.4. The largest absolute Gasteiger partial charge is 0.454 e. The molecule has 0 saturated heterocycles. The summed E-state index contributed by atoms with van der Waals surface area (Å²) in [7, 11) is 0. The zero-order chi connectivity index (χ0) is 13.0. The van der Waals surface area contributed by atoms with Crippen molar-refractivity contribution in [2.45, 2.75) is 6.42 Å². The van der Waals surface area contributed by atoms with E-state index in [2.05, 4.69) is 0 Å². The molecule has 0 aliphatic carbocycles. The molecule has 0 unspecified atom stereocenters. The van der Waals surface area contributed by atoms with Crippen LogP contribution in [-0.4, -0.2) is 6.54 Å². The summed E-state index contributed by atoms with van der Waals surface area (Å²) in [6.07, 6.45) is 0.772. The third kappa shape index (κ3) is 2.84. The average molecular weight is 249 g/mol. The average Bonchev–Trinajstić information content (AvgIpc) is 2.38. The van der Waals surface area contributed by atoms with Gasteiger partial charge in [-0.1, -0.05) is 18.2 Å². The van der Waals surface area contributed by atoms with Crippen LogP contribution in [0.25, 0.3) is 0 Å². The van der Waals surface area contributed by atoms with Gasteiger partial charge >= 0.3 is 0 Å². The van der Waals surface area contributed by atoms with E-state index in [1.165, 1.54) is 12.1 Å². The number of benzene rings is 2. The van der Waals surface area contributed by atoms with Crippen molar-refractivity contribution >= 4 is 0 Å². The van der Waals surface area contributed by atoms with E-state index in [-0.39, 0.29) is 5.75 Å².